The van der Waals surface area contributed by atoms with Crippen LogP contribution in [0.4, 0.5) is 5.82 Å². The Balaban J connectivity index is 2.53. The lowest BCUT2D eigenvalue weighted by molar-refractivity contribution is 0.0701. The minimum Gasteiger partial charge on any atom is -0.477 e. The van der Waals surface area contributed by atoms with Gasteiger partial charge in [0.05, 0.1) is 11.3 Å². The number of rotatable bonds is 2. The van der Waals surface area contributed by atoms with Crippen molar-refractivity contribution in [2.24, 2.45) is 0 Å². The van der Waals surface area contributed by atoms with E-state index in [9.17, 15) is 4.79 Å². The number of carbonyl (C=O) groups is 1. The quantitative estimate of drug-likeness (QED) is 0.837. The summed E-state index contributed by atoms with van der Waals surface area (Å²) in [6.07, 6.45) is 1.56. The molecule has 0 bridgehead atoms. The molecular weight excluding hydrogens is 240 g/mol. The Hall–Kier alpha value is -2.02. The number of anilines is 1. The number of thiazole rings is 1. The summed E-state index contributed by atoms with van der Waals surface area (Å²) in [4.78, 5) is 23.3. The van der Waals surface area contributed by atoms with Crippen LogP contribution in [0.3, 0.4) is 0 Å². The van der Waals surface area contributed by atoms with Crippen LogP contribution in [0.1, 0.15) is 21.2 Å². The second-order valence-electron chi connectivity index (χ2n) is 3.45. The minimum atomic E-state index is -0.988. The molecule has 0 atom stereocenters. The molecule has 0 aliphatic carbocycles. The van der Waals surface area contributed by atoms with Crippen molar-refractivity contribution in [1.82, 2.24) is 15.0 Å². The van der Waals surface area contributed by atoms with Gasteiger partial charge in [0.2, 0.25) is 0 Å². The van der Waals surface area contributed by atoms with Crippen LogP contribution in [0.5, 0.6) is 0 Å². The highest BCUT2D eigenvalue weighted by molar-refractivity contribution is 7.17. The highest BCUT2D eigenvalue weighted by Gasteiger charge is 2.17. The van der Waals surface area contributed by atoms with E-state index in [0.717, 1.165) is 11.3 Å². The van der Waals surface area contributed by atoms with Crippen molar-refractivity contribution in [3.05, 3.63) is 22.6 Å². The van der Waals surface area contributed by atoms with Crippen molar-refractivity contribution >= 4 is 23.1 Å². The molecule has 0 saturated carbocycles. The average molecular weight is 250 g/mol. The number of nitrogens with two attached hydrogens (primary N) is 1. The number of nitrogen functional groups attached to an aromatic ring is 1. The maximum atomic E-state index is 10.9. The maximum absolute atomic E-state index is 10.9. The first kappa shape index (κ1) is 11.5. The van der Waals surface area contributed by atoms with Gasteiger partial charge in [-0.3, -0.25) is 0 Å². The smallest absolute Gasteiger partial charge is 0.347 e. The fraction of sp³-hybridized carbons (Fsp3) is 0.200. The second-order valence-corrected chi connectivity index (χ2v) is 4.45. The van der Waals surface area contributed by atoms with Crippen LogP contribution in [-0.4, -0.2) is 26.0 Å². The molecule has 0 aromatic carbocycles. The summed E-state index contributed by atoms with van der Waals surface area (Å²) < 4.78 is 0. The first-order valence-corrected chi connectivity index (χ1v) is 5.61. The van der Waals surface area contributed by atoms with Gasteiger partial charge in [-0.15, -0.1) is 11.3 Å². The number of aromatic nitrogens is 3. The topological polar surface area (TPSA) is 102 Å². The van der Waals surface area contributed by atoms with Crippen molar-refractivity contribution < 1.29 is 9.90 Å². The zero-order chi connectivity index (χ0) is 12.6. The van der Waals surface area contributed by atoms with E-state index in [4.69, 9.17) is 10.8 Å². The Morgan fingerprint density at radius 1 is 1.41 bits per heavy atom. The van der Waals surface area contributed by atoms with Crippen LogP contribution in [0.25, 0.3) is 10.6 Å². The Morgan fingerprint density at radius 3 is 2.65 bits per heavy atom. The summed E-state index contributed by atoms with van der Waals surface area (Å²) in [5.41, 5.74) is 6.79. The molecule has 0 saturated heterocycles. The number of carboxylic acids is 1. The Labute approximate surface area is 101 Å². The van der Waals surface area contributed by atoms with Crippen molar-refractivity contribution in [1.29, 1.82) is 0 Å². The summed E-state index contributed by atoms with van der Waals surface area (Å²) in [6.45, 7) is 3.38. The molecule has 3 N–H and O–H groups in total. The van der Waals surface area contributed by atoms with Crippen LogP contribution in [-0.2, 0) is 0 Å². The van der Waals surface area contributed by atoms with Gasteiger partial charge in [0.15, 0.2) is 0 Å². The van der Waals surface area contributed by atoms with E-state index in [-0.39, 0.29) is 4.88 Å². The molecule has 0 aliphatic rings. The molecule has 0 unspecified atom stereocenters. The van der Waals surface area contributed by atoms with Crippen molar-refractivity contribution in [2.75, 3.05) is 5.73 Å². The predicted octanol–water partition coefficient (Wildman–Crippen LogP) is 1.50. The van der Waals surface area contributed by atoms with Crippen LogP contribution in [0.2, 0.25) is 0 Å². The first-order chi connectivity index (χ1) is 7.99. The molecule has 17 heavy (non-hydrogen) atoms. The highest BCUT2D eigenvalue weighted by atomic mass is 32.1. The zero-order valence-corrected chi connectivity index (χ0v) is 10.1. The highest BCUT2D eigenvalue weighted by Crippen LogP contribution is 2.30. The fourth-order valence-electron chi connectivity index (χ4n) is 1.36. The molecular formula is C10H10N4O2S. The van der Waals surface area contributed by atoms with E-state index in [1.807, 2.05) is 0 Å². The lowest BCUT2D eigenvalue weighted by atomic mass is 10.3. The molecule has 88 valence electrons. The number of aromatic carboxylic acids is 1. The van der Waals surface area contributed by atoms with E-state index in [1.165, 1.54) is 0 Å². The Kier molecular flexibility index (Phi) is 2.76. The van der Waals surface area contributed by atoms with Crippen molar-refractivity contribution in [2.45, 2.75) is 13.8 Å². The Morgan fingerprint density at radius 2 is 2.12 bits per heavy atom. The fourth-order valence-corrected chi connectivity index (χ4v) is 2.29. The third-order valence-electron chi connectivity index (χ3n) is 2.16. The van der Waals surface area contributed by atoms with Gasteiger partial charge in [0.25, 0.3) is 0 Å². The maximum Gasteiger partial charge on any atom is 0.347 e. The van der Waals surface area contributed by atoms with Gasteiger partial charge in [0.1, 0.15) is 21.5 Å². The summed E-state index contributed by atoms with van der Waals surface area (Å²) in [5.74, 6) is -0.112. The molecule has 2 aromatic rings. The van der Waals surface area contributed by atoms with E-state index < -0.39 is 5.97 Å². The third kappa shape index (κ3) is 2.09. The first-order valence-electron chi connectivity index (χ1n) is 4.79. The molecule has 2 heterocycles. The minimum absolute atomic E-state index is 0.208. The second kappa shape index (κ2) is 4.10. The number of carboxylic acid groups (broad SMARTS) is 1. The number of nitrogens with zero attached hydrogens (tertiary/aromatic N) is 3. The summed E-state index contributed by atoms with van der Waals surface area (Å²) in [5, 5.41) is 9.47. The molecule has 0 amide bonds. The van der Waals surface area contributed by atoms with Crippen LogP contribution in [0.15, 0.2) is 6.20 Å². The van der Waals surface area contributed by atoms with Gasteiger partial charge in [-0.1, -0.05) is 0 Å². The van der Waals surface area contributed by atoms with Crippen LogP contribution >= 0.6 is 11.3 Å². The molecule has 2 rings (SSSR count). The summed E-state index contributed by atoms with van der Waals surface area (Å²) >= 11 is 1.07. The Bertz CT molecular complexity index is 594. The van der Waals surface area contributed by atoms with Crippen molar-refractivity contribution in [3.63, 3.8) is 0 Å². The average Bonchev–Trinajstić information content (AvgIpc) is 2.60. The van der Waals surface area contributed by atoms with Crippen LogP contribution in [0, 0.1) is 13.8 Å². The van der Waals surface area contributed by atoms with Gasteiger partial charge in [-0.2, -0.15) is 0 Å². The lowest BCUT2D eigenvalue weighted by Crippen LogP contribution is -1.97. The molecule has 6 nitrogen and oxygen atoms in total. The molecule has 0 radical (unpaired) electrons. The molecule has 0 aliphatic heterocycles. The number of hydrogen-bond donors (Lipinski definition) is 2. The van der Waals surface area contributed by atoms with Crippen LogP contribution < -0.4 is 5.73 Å². The summed E-state index contributed by atoms with van der Waals surface area (Å²) in [6, 6.07) is 0. The van der Waals surface area contributed by atoms with Gasteiger partial charge < -0.3 is 10.8 Å². The van der Waals surface area contributed by atoms with E-state index in [2.05, 4.69) is 15.0 Å². The van der Waals surface area contributed by atoms with Gasteiger partial charge >= 0.3 is 5.97 Å². The van der Waals surface area contributed by atoms with Crippen molar-refractivity contribution in [3.8, 4) is 10.6 Å². The van der Waals surface area contributed by atoms with E-state index in [0.29, 0.717) is 27.9 Å². The zero-order valence-electron chi connectivity index (χ0n) is 9.26. The largest absolute Gasteiger partial charge is 0.477 e. The SMILES string of the molecule is Cc1ncc(-c2nc(C)c(C(=O)O)s2)c(N)n1. The number of hydrogen-bond acceptors (Lipinski definition) is 6. The summed E-state index contributed by atoms with van der Waals surface area (Å²) in [7, 11) is 0. The monoisotopic (exact) mass is 250 g/mol. The lowest BCUT2D eigenvalue weighted by Gasteiger charge is -2.00. The number of aryl methyl sites for hydroxylation is 2. The molecule has 0 spiro atoms. The standard InChI is InChI=1S/C10H10N4O2S/c1-4-7(10(15)16)17-9(13-4)6-3-12-5(2)14-8(6)11/h3H,1-2H3,(H,15,16)(H2,11,12,14). The molecule has 2 aromatic heterocycles. The van der Waals surface area contributed by atoms with Gasteiger partial charge in [-0.05, 0) is 13.8 Å². The predicted molar refractivity (Wildman–Crippen MR) is 64.0 cm³/mol. The van der Waals surface area contributed by atoms with E-state index in [1.54, 1.807) is 20.0 Å². The normalized spacial score (nSPS) is 10.5. The molecule has 0 fully saturated rings. The van der Waals surface area contributed by atoms with E-state index >= 15 is 0 Å². The van der Waals surface area contributed by atoms with Gasteiger partial charge in [-0.25, -0.2) is 19.7 Å². The van der Waals surface area contributed by atoms with Gasteiger partial charge in [0, 0.05) is 6.20 Å². The third-order valence-corrected chi connectivity index (χ3v) is 3.34. The molecule has 7 heteroatoms.